The lowest BCUT2D eigenvalue weighted by Crippen LogP contribution is -2.63. The van der Waals surface area contributed by atoms with Gasteiger partial charge in [-0.15, -0.1) is 0 Å². The first-order valence-electron chi connectivity index (χ1n) is 16.3. The Morgan fingerprint density at radius 3 is 2.19 bits per heavy atom. The summed E-state index contributed by atoms with van der Waals surface area (Å²) in [5.74, 6) is -2.44. The molecule has 11 N–H and O–H groups in total. The highest BCUT2D eigenvalue weighted by molar-refractivity contribution is 5.88. The quantitative estimate of drug-likeness (QED) is 0.104. The van der Waals surface area contributed by atoms with Crippen molar-refractivity contribution < 1.29 is 93.7 Å². The van der Waals surface area contributed by atoms with Crippen molar-refractivity contribution in [3.63, 3.8) is 0 Å². The van der Waals surface area contributed by atoms with Crippen LogP contribution in [0.4, 0.5) is 0 Å². The van der Waals surface area contributed by atoms with Crippen LogP contribution in [-0.2, 0) is 23.7 Å². The Bertz CT molecular complexity index is 1820. The molecular formula is C33H40O20. The molecule has 0 aliphatic carbocycles. The predicted octanol–water partition coefficient (Wildman–Crippen LogP) is -2.92. The van der Waals surface area contributed by atoms with Gasteiger partial charge in [0.1, 0.15) is 83.5 Å². The summed E-state index contributed by atoms with van der Waals surface area (Å²) < 4.78 is 44.6. The van der Waals surface area contributed by atoms with Crippen LogP contribution in [0.1, 0.15) is 6.92 Å². The highest BCUT2D eigenvalue weighted by Gasteiger charge is 2.50. The van der Waals surface area contributed by atoms with Crippen LogP contribution < -0.4 is 14.9 Å². The van der Waals surface area contributed by atoms with Crippen LogP contribution in [0.3, 0.4) is 0 Å². The number of phenols is 3. The van der Waals surface area contributed by atoms with E-state index < -0.39 is 121 Å². The molecular weight excluding hydrogens is 716 g/mol. The molecule has 292 valence electrons. The van der Waals surface area contributed by atoms with Gasteiger partial charge in [0.05, 0.1) is 26.4 Å². The molecule has 0 bridgehead atoms. The van der Waals surface area contributed by atoms with Gasteiger partial charge in [-0.25, -0.2) is 0 Å². The number of ether oxygens (including phenoxy) is 7. The minimum absolute atomic E-state index is 0.0392. The van der Waals surface area contributed by atoms with Crippen molar-refractivity contribution in [2.45, 2.75) is 92.9 Å². The van der Waals surface area contributed by atoms with Crippen LogP contribution >= 0.6 is 0 Å². The predicted molar refractivity (Wildman–Crippen MR) is 172 cm³/mol. The van der Waals surface area contributed by atoms with E-state index in [1.165, 1.54) is 32.2 Å². The molecule has 6 unspecified atom stereocenters. The van der Waals surface area contributed by atoms with Crippen molar-refractivity contribution in [3.8, 4) is 40.1 Å². The van der Waals surface area contributed by atoms with Crippen molar-refractivity contribution in [2.75, 3.05) is 20.3 Å². The summed E-state index contributed by atoms with van der Waals surface area (Å²) in [6.07, 6.45) is -22.9. The molecule has 3 fully saturated rings. The third kappa shape index (κ3) is 7.47. The molecule has 3 aromatic rings. The monoisotopic (exact) mass is 756 g/mol. The number of aliphatic hydroxyl groups is 8. The van der Waals surface area contributed by atoms with Crippen LogP contribution in [0.2, 0.25) is 0 Å². The Morgan fingerprint density at radius 1 is 0.774 bits per heavy atom. The molecule has 0 saturated carbocycles. The van der Waals surface area contributed by atoms with Gasteiger partial charge in [-0.1, -0.05) is 0 Å². The van der Waals surface area contributed by atoms with Crippen LogP contribution in [-0.4, -0.2) is 163 Å². The van der Waals surface area contributed by atoms with Crippen molar-refractivity contribution in [3.05, 3.63) is 40.6 Å². The molecule has 4 heterocycles. The second-order valence-electron chi connectivity index (χ2n) is 12.8. The smallest absolute Gasteiger partial charge is 0.239 e. The highest BCUT2D eigenvalue weighted by Crippen LogP contribution is 2.40. The van der Waals surface area contributed by atoms with Crippen LogP contribution in [0, 0.1) is 0 Å². The summed E-state index contributed by atoms with van der Waals surface area (Å²) in [5.41, 5.74) is -1.20. The summed E-state index contributed by atoms with van der Waals surface area (Å²) in [6, 6.07) is 5.75. The summed E-state index contributed by atoms with van der Waals surface area (Å²) in [6.45, 7) is 0.387. The molecule has 3 saturated heterocycles. The third-order valence-corrected chi connectivity index (χ3v) is 9.21. The topological polar surface area (TPSA) is 317 Å². The van der Waals surface area contributed by atoms with Crippen molar-refractivity contribution in [1.82, 2.24) is 0 Å². The first kappa shape index (κ1) is 38.8. The van der Waals surface area contributed by atoms with Gasteiger partial charge >= 0.3 is 0 Å². The molecule has 2 aromatic carbocycles. The van der Waals surface area contributed by atoms with Gasteiger partial charge < -0.3 is 93.7 Å². The van der Waals surface area contributed by atoms with E-state index in [0.717, 1.165) is 12.1 Å². The normalized spacial score (nSPS) is 36.3. The average Bonchev–Trinajstić information content (AvgIpc) is 3.12. The molecule has 14 atom stereocenters. The first-order chi connectivity index (χ1) is 25.1. The zero-order valence-electron chi connectivity index (χ0n) is 28.0. The second kappa shape index (κ2) is 15.5. The average molecular weight is 757 g/mol. The lowest BCUT2D eigenvalue weighted by atomic mass is 9.98. The summed E-state index contributed by atoms with van der Waals surface area (Å²) in [5, 5.41) is 114. The van der Waals surface area contributed by atoms with E-state index in [9.17, 15) is 61.0 Å². The lowest BCUT2D eigenvalue weighted by Gasteiger charge is -2.45. The van der Waals surface area contributed by atoms with Crippen molar-refractivity contribution in [1.29, 1.82) is 0 Å². The number of rotatable bonds is 9. The second-order valence-corrected chi connectivity index (χ2v) is 12.8. The maximum atomic E-state index is 13.8. The number of aliphatic hydroxyl groups excluding tert-OH is 8. The van der Waals surface area contributed by atoms with Gasteiger partial charge in [-0.2, -0.15) is 0 Å². The lowest BCUT2D eigenvalue weighted by molar-refractivity contribution is -0.349. The maximum Gasteiger partial charge on any atom is 0.239 e. The van der Waals surface area contributed by atoms with Crippen molar-refractivity contribution in [2.24, 2.45) is 0 Å². The molecule has 20 nitrogen and oxygen atoms in total. The minimum atomic E-state index is -2.00. The van der Waals surface area contributed by atoms with Gasteiger partial charge in [0.15, 0.2) is 29.8 Å². The van der Waals surface area contributed by atoms with Gasteiger partial charge in [0.25, 0.3) is 0 Å². The molecule has 1 aromatic heterocycles. The van der Waals surface area contributed by atoms with Gasteiger partial charge in [0, 0.05) is 17.7 Å². The van der Waals surface area contributed by atoms with Gasteiger partial charge in [-0.3, -0.25) is 4.79 Å². The molecule has 3 aliphatic rings. The summed E-state index contributed by atoms with van der Waals surface area (Å²) >= 11 is 0. The number of fused-ring (bicyclic) bond motifs is 1. The number of benzene rings is 2. The fourth-order valence-electron chi connectivity index (χ4n) is 6.23. The third-order valence-electron chi connectivity index (χ3n) is 9.21. The van der Waals surface area contributed by atoms with E-state index in [1.54, 1.807) is 0 Å². The number of aromatic hydroxyl groups is 3. The standard InChI is InChI=1S/C33H40O20/c1-10-28(52-32-25(43)20(38)15(37)8-47-32)24(42)27(45)31(49-10)48-9-18-21(39)23(41)26(44)33(51-18)53-30-22(40)19-14(36)6-12(34)7-17(19)50-29(30)11-3-4-13(35)16(5-11)46-2/h3-7,10,15,18,20-21,23-28,31-39,41-45H,8-9H2,1-2H3/t10?,15-,18?,20+,21+,23?,24-,25?,26?,27?,28+,31-,32+,33+/m1/s1. The Morgan fingerprint density at radius 2 is 1.47 bits per heavy atom. The largest absolute Gasteiger partial charge is 0.508 e. The Kier molecular flexibility index (Phi) is 11.3. The Hall–Kier alpha value is -3.87. The molecule has 0 amide bonds. The minimum Gasteiger partial charge on any atom is -0.508 e. The SMILES string of the molecule is COc1cc(-c2oc3cc(O)cc(O)c3c(=O)c2O[C@@H]2OC(CO[C@@H]3OC(C)[C@H](O[C@@H]4OC[C@@H](O)[C@H](O)C4O)[C@H](O)C3O)[C@H](O)C(O)C2O)ccc1O. The van der Waals surface area contributed by atoms with E-state index in [4.69, 9.17) is 37.6 Å². The number of hydrogen-bond acceptors (Lipinski definition) is 20. The van der Waals surface area contributed by atoms with E-state index in [0.29, 0.717) is 0 Å². The molecule has 0 spiro atoms. The molecule has 3 aliphatic heterocycles. The van der Waals surface area contributed by atoms with E-state index in [1.807, 2.05) is 0 Å². The first-order valence-corrected chi connectivity index (χ1v) is 16.3. The zero-order valence-corrected chi connectivity index (χ0v) is 28.0. The van der Waals surface area contributed by atoms with Crippen LogP contribution in [0.15, 0.2) is 39.5 Å². The number of phenolic OH excluding ortho intramolecular Hbond substituents is 3. The van der Waals surface area contributed by atoms with Crippen LogP contribution in [0.5, 0.6) is 28.7 Å². The molecule has 6 rings (SSSR count). The fraction of sp³-hybridized carbons (Fsp3) is 0.545. The van der Waals surface area contributed by atoms with Gasteiger partial charge in [0.2, 0.25) is 17.5 Å². The highest BCUT2D eigenvalue weighted by atomic mass is 16.7. The van der Waals surface area contributed by atoms with Crippen molar-refractivity contribution >= 4 is 11.0 Å². The zero-order chi connectivity index (χ0) is 38.5. The Balaban J connectivity index is 1.21. The van der Waals surface area contributed by atoms with Gasteiger partial charge in [-0.05, 0) is 25.1 Å². The number of hydrogen-bond donors (Lipinski definition) is 11. The molecule has 20 heteroatoms. The summed E-state index contributed by atoms with van der Waals surface area (Å²) in [4.78, 5) is 13.8. The van der Waals surface area contributed by atoms with E-state index in [2.05, 4.69) is 0 Å². The Labute approximate surface area is 298 Å². The fourth-order valence-corrected chi connectivity index (χ4v) is 6.23. The van der Waals surface area contributed by atoms with E-state index in [-0.39, 0.29) is 35.0 Å². The molecule has 0 radical (unpaired) electrons. The summed E-state index contributed by atoms with van der Waals surface area (Å²) in [7, 11) is 1.27. The molecule has 53 heavy (non-hydrogen) atoms. The maximum absolute atomic E-state index is 13.8. The van der Waals surface area contributed by atoms with E-state index >= 15 is 0 Å². The van der Waals surface area contributed by atoms with Crippen LogP contribution in [0.25, 0.3) is 22.3 Å². The number of methoxy groups -OCH3 is 1.